The fourth-order valence-corrected chi connectivity index (χ4v) is 7.70. The molecule has 1 aliphatic carbocycles. The lowest BCUT2D eigenvalue weighted by Crippen LogP contribution is -2.32. The van der Waals surface area contributed by atoms with Crippen LogP contribution in [0.15, 0.2) is 152 Å². The zero-order valence-corrected chi connectivity index (χ0v) is 28.1. The monoisotopic (exact) mass is 666 g/mol. The number of hydrogen-bond donors (Lipinski definition) is 0. The van der Waals surface area contributed by atoms with Gasteiger partial charge < -0.3 is 4.57 Å². The Morgan fingerprint density at radius 1 is 0.558 bits per heavy atom. The lowest BCUT2D eigenvalue weighted by atomic mass is 9.91. The van der Waals surface area contributed by atoms with Crippen molar-refractivity contribution in [2.75, 3.05) is 0 Å². The summed E-state index contributed by atoms with van der Waals surface area (Å²) in [7, 11) is 0. The van der Waals surface area contributed by atoms with E-state index in [1.54, 1.807) is 12.1 Å². The van der Waals surface area contributed by atoms with E-state index in [-0.39, 0.29) is 5.92 Å². The number of fused-ring (bicyclic) bond motifs is 6. The Morgan fingerprint density at radius 2 is 1.17 bits per heavy atom. The number of rotatable bonds is 5. The maximum Gasteiger partial charge on any atom is 0.238 e. The standard InChI is InChI=1S/C46H30N6/c47-29-30-19-21-32(22-20-30)45-48-44(31-11-3-1-4-12-31)49-46(50-45)52-41-18-10-7-15-36(41)38-25-23-34(28-43(38)52)33-24-26-42-39(27-33)37-16-8-9-17-40(37)51(42)35-13-5-2-6-14-35/h1-22,24-28,34H,23H2. The molecule has 0 spiro atoms. The zero-order valence-electron chi connectivity index (χ0n) is 28.1. The predicted molar refractivity (Wildman–Crippen MR) is 209 cm³/mol. The summed E-state index contributed by atoms with van der Waals surface area (Å²) >= 11 is 0. The zero-order chi connectivity index (χ0) is 34.6. The quantitative estimate of drug-likeness (QED) is 0.184. The van der Waals surface area contributed by atoms with Gasteiger partial charge in [0, 0.05) is 44.1 Å². The first kappa shape index (κ1) is 29.8. The molecule has 0 aliphatic heterocycles. The smallest absolute Gasteiger partial charge is 0.238 e. The van der Waals surface area contributed by atoms with Gasteiger partial charge in [0.05, 0.1) is 33.5 Å². The minimum atomic E-state index is 0.146. The summed E-state index contributed by atoms with van der Waals surface area (Å²) in [5, 5.41) is 15.3. The van der Waals surface area contributed by atoms with Gasteiger partial charge in [-0.25, -0.2) is 4.98 Å². The van der Waals surface area contributed by atoms with Gasteiger partial charge in [0.1, 0.15) is 0 Å². The Morgan fingerprint density at radius 3 is 1.90 bits per heavy atom. The summed E-state index contributed by atoms with van der Waals surface area (Å²) in [6.45, 7) is 0. The van der Waals surface area contributed by atoms with Crippen molar-refractivity contribution in [2.24, 2.45) is 0 Å². The molecule has 0 bridgehead atoms. The number of aromatic nitrogens is 5. The van der Waals surface area contributed by atoms with Crippen molar-refractivity contribution in [3.63, 3.8) is 0 Å². The third-order valence-electron chi connectivity index (χ3n) is 10.2. The fraction of sp³-hybridized carbons (Fsp3) is 0.0435. The first-order valence-corrected chi connectivity index (χ1v) is 17.5. The van der Waals surface area contributed by atoms with Crippen molar-refractivity contribution >= 4 is 44.9 Å². The van der Waals surface area contributed by atoms with E-state index < -0.39 is 0 Å². The average Bonchev–Trinajstić information content (AvgIpc) is 3.73. The van der Waals surface area contributed by atoms with Crippen molar-refractivity contribution in [2.45, 2.75) is 12.3 Å². The van der Waals surface area contributed by atoms with Crippen LogP contribution in [0.1, 0.15) is 23.5 Å². The normalized spacial score (nSPS) is 13.8. The molecular formula is C46H30N6. The number of benzene rings is 6. The topological polar surface area (TPSA) is 72.3 Å². The molecule has 3 heterocycles. The van der Waals surface area contributed by atoms with E-state index in [2.05, 4.69) is 124 Å². The summed E-state index contributed by atoms with van der Waals surface area (Å²) in [4.78, 5) is 15.2. The van der Waals surface area contributed by atoms with Gasteiger partial charge in [-0.15, -0.1) is 0 Å². The van der Waals surface area contributed by atoms with Crippen molar-refractivity contribution in [1.82, 2.24) is 24.1 Å². The Bertz CT molecular complexity index is 2990. The molecule has 1 aliphatic rings. The minimum Gasteiger partial charge on any atom is -0.309 e. The number of hydrogen-bond acceptors (Lipinski definition) is 4. The van der Waals surface area contributed by atoms with Gasteiger partial charge in [0.2, 0.25) is 5.95 Å². The molecule has 52 heavy (non-hydrogen) atoms. The third kappa shape index (κ3) is 4.83. The Kier molecular flexibility index (Phi) is 6.90. The highest BCUT2D eigenvalue weighted by molar-refractivity contribution is 6.09. The van der Waals surface area contributed by atoms with Crippen LogP contribution in [0.2, 0.25) is 0 Å². The van der Waals surface area contributed by atoms with E-state index >= 15 is 0 Å². The molecule has 244 valence electrons. The van der Waals surface area contributed by atoms with Crippen LogP contribution in [0, 0.1) is 11.3 Å². The Labute approximate surface area is 299 Å². The molecule has 6 heteroatoms. The molecule has 1 unspecified atom stereocenters. The van der Waals surface area contributed by atoms with E-state index in [0.717, 1.165) is 39.5 Å². The third-order valence-corrected chi connectivity index (χ3v) is 10.2. The second-order valence-electron chi connectivity index (χ2n) is 13.2. The molecule has 0 saturated heterocycles. The van der Waals surface area contributed by atoms with Crippen LogP contribution >= 0.6 is 0 Å². The molecule has 0 radical (unpaired) electrons. The van der Waals surface area contributed by atoms with Gasteiger partial charge in [0.15, 0.2) is 11.6 Å². The van der Waals surface area contributed by atoms with Crippen LogP contribution in [0.25, 0.3) is 79.3 Å². The fourth-order valence-electron chi connectivity index (χ4n) is 7.70. The van der Waals surface area contributed by atoms with E-state index in [1.807, 2.05) is 42.5 Å². The maximum atomic E-state index is 9.42. The van der Waals surface area contributed by atoms with Gasteiger partial charge in [-0.3, -0.25) is 4.57 Å². The molecule has 0 amide bonds. The molecule has 6 aromatic carbocycles. The van der Waals surface area contributed by atoms with Crippen molar-refractivity contribution < 1.29 is 0 Å². The highest BCUT2D eigenvalue weighted by Gasteiger charge is 2.21. The molecule has 6 nitrogen and oxygen atoms in total. The summed E-state index contributed by atoms with van der Waals surface area (Å²) in [5.41, 5.74) is 8.17. The number of para-hydroxylation sites is 3. The van der Waals surface area contributed by atoms with E-state index in [0.29, 0.717) is 23.2 Å². The highest BCUT2D eigenvalue weighted by atomic mass is 15.2. The number of nitrogens with zero attached hydrogens (tertiary/aromatic N) is 6. The molecule has 0 N–H and O–H groups in total. The minimum absolute atomic E-state index is 0.146. The Hall–Kier alpha value is -7.10. The van der Waals surface area contributed by atoms with Crippen molar-refractivity contribution in [3.8, 4) is 40.5 Å². The Balaban J connectivity index is 1.18. The van der Waals surface area contributed by atoms with Gasteiger partial charge >= 0.3 is 0 Å². The first-order chi connectivity index (χ1) is 25.7. The highest BCUT2D eigenvalue weighted by Crippen LogP contribution is 2.35. The van der Waals surface area contributed by atoms with Crippen LogP contribution < -0.4 is 10.6 Å². The van der Waals surface area contributed by atoms with E-state index in [1.165, 1.54) is 32.6 Å². The molecular weight excluding hydrogens is 637 g/mol. The van der Waals surface area contributed by atoms with Crippen molar-refractivity contribution in [3.05, 3.63) is 173 Å². The van der Waals surface area contributed by atoms with E-state index in [9.17, 15) is 5.26 Å². The summed E-state index contributed by atoms with van der Waals surface area (Å²) in [6.07, 6.45) is 5.64. The molecule has 1 atom stereocenters. The molecule has 0 fully saturated rings. The lowest BCUT2D eigenvalue weighted by molar-refractivity contribution is 0.874. The summed E-state index contributed by atoms with van der Waals surface area (Å²) in [6, 6.07) is 54.3. The van der Waals surface area contributed by atoms with Crippen molar-refractivity contribution in [1.29, 1.82) is 5.26 Å². The second kappa shape index (κ2) is 12.0. The maximum absolute atomic E-state index is 9.42. The van der Waals surface area contributed by atoms with Crippen LogP contribution in [0.4, 0.5) is 0 Å². The SMILES string of the molecule is N#Cc1ccc(-c2nc(-c3ccccc3)nc(-n3c4c(c5ccccc53)=CCC(c3ccc5c(c3)c3ccccc3n5-c3ccccc3)C=4)n2)cc1. The first-order valence-electron chi connectivity index (χ1n) is 17.5. The molecule has 10 rings (SSSR count). The summed E-state index contributed by atoms with van der Waals surface area (Å²) in [5.74, 6) is 1.84. The van der Waals surface area contributed by atoms with Crippen LogP contribution in [-0.4, -0.2) is 24.1 Å². The summed E-state index contributed by atoms with van der Waals surface area (Å²) < 4.78 is 4.55. The van der Waals surface area contributed by atoms with E-state index in [4.69, 9.17) is 15.0 Å². The average molecular weight is 667 g/mol. The van der Waals surface area contributed by atoms with Gasteiger partial charge in [-0.2, -0.15) is 15.2 Å². The molecule has 3 aromatic heterocycles. The molecule has 9 aromatic rings. The van der Waals surface area contributed by atoms with Gasteiger partial charge in [0.25, 0.3) is 0 Å². The lowest BCUT2D eigenvalue weighted by Gasteiger charge is -2.16. The van der Waals surface area contributed by atoms with Crippen LogP contribution in [-0.2, 0) is 0 Å². The number of nitriles is 1. The van der Waals surface area contributed by atoms with Crippen LogP contribution in [0.3, 0.4) is 0 Å². The largest absolute Gasteiger partial charge is 0.309 e. The van der Waals surface area contributed by atoms with Gasteiger partial charge in [-0.05, 0) is 72.6 Å². The predicted octanol–water partition coefficient (Wildman–Crippen LogP) is 8.87. The molecule has 0 saturated carbocycles. The van der Waals surface area contributed by atoms with Gasteiger partial charge in [-0.1, -0.05) is 103 Å². The van der Waals surface area contributed by atoms with Crippen LogP contribution in [0.5, 0.6) is 0 Å². The second-order valence-corrected chi connectivity index (χ2v) is 13.2.